The average Bonchev–Trinajstić information content (AvgIpc) is 3.30. The molecule has 0 amide bonds. The Morgan fingerprint density at radius 2 is 1.03 bits per heavy atom. The number of hydrogen-bond donors (Lipinski definition) is 0. The molecular weight excluding hydrogens is 402 g/mol. The Bertz CT molecular complexity index is 1380. The zero-order chi connectivity index (χ0) is 22.8. The third kappa shape index (κ3) is 4.10. The van der Waals surface area contributed by atoms with E-state index in [1.165, 1.54) is 11.1 Å². The molecule has 5 aromatic rings. The van der Waals surface area contributed by atoms with Crippen molar-refractivity contribution in [3.63, 3.8) is 0 Å². The quantitative estimate of drug-likeness (QED) is 0.295. The van der Waals surface area contributed by atoms with Crippen LogP contribution in [0.1, 0.15) is 26.3 Å². The van der Waals surface area contributed by atoms with E-state index in [1.54, 1.807) is 0 Å². The van der Waals surface area contributed by atoms with Crippen molar-refractivity contribution in [1.29, 1.82) is 0 Å². The van der Waals surface area contributed by atoms with Crippen LogP contribution in [0.5, 0.6) is 0 Å². The predicted octanol–water partition coefficient (Wildman–Crippen LogP) is 7.57. The van der Waals surface area contributed by atoms with Gasteiger partial charge in [-0.2, -0.15) is 0 Å². The molecule has 0 aliphatic carbocycles. The molecular formula is C30H27N3. The van der Waals surface area contributed by atoms with Gasteiger partial charge in [-0.25, -0.2) is 0 Å². The largest absolute Gasteiger partial charge is 0.275 e. The molecule has 1 aromatic heterocycles. The summed E-state index contributed by atoms with van der Waals surface area (Å²) in [6, 6.07) is 37.8. The molecule has 33 heavy (non-hydrogen) atoms. The second-order valence-electron chi connectivity index (χ2n) is 9.26. The van der Waals surface area contributed by atoms with Crippen molar-refractivity contribution in [2.24, 2.45) is 0 Å². The summed E-state index contributed by atoms with van der Waals surface area (Å²) in [6.45, 7) is 6.73. The smallest absolute Gasteiger partial charge is 0.168 e. The molecule has 5 rings (SSSR count). The summed E-state index contributed by atoms with van der Waals surface area (Å²) in [5, 5.41) is 9.39. The highest BCUT2D eigenvalue weighted by Gasteiger charge is 2.24. The molecule has 3 nitrogen and oxygen atoms in total. The van der Waals surface area contributed by atoms with E-state index in [0.717, 1.165) is 34.0 Å². The number of nitrogens with zero attached hydrogens (tertiary/aromatic N) is 3. The highest BCUT2D eigenvalue weighted by molar-refractivity contribution is 5.73. The second kappa shape index (κ2) is 8.51. The molecule has 0 atom stereocenters. The van der Waals surface area contributed by atoms with Crippen LogP contribution in [0.3, 0.4) is 0 Å². The van der Waals surface area contributed by atoms with E-state index in [9.17, 15) is 0 Å². The van der Waals surface area contributed by atoms with E-state index >= 15 is 0 Å². The number of hydrogen-bond acceptors (Lipinski definition) is 2. The molecule has 0 aliphatic heterocycles. The van der Waals surface area contributed by atoms with Gasteiger partial charge in [0.15, 0.2) is 11.6 Å². The van der Waals surface area contributed by atoms with Crippen LogP contribution in [0.2, 0.25) is 0 Å². The first kappa shape index (κ1) is 20.9. The average molecular weight is 430 g/mol. The Morgan fingerprint density at radius 3 is 1.70 bits per heavy atom. The van der Waals surface area contributed by atoms with Gasteiger partial charge in [0.2, 0.25) is 0 Å². The number of para-hydroxylation sites is 1. The van der Waals surface area contributed by atoms with Crippen molar-refractivity contribution < 1.29 is 0 Å². The lowest BCUT2D eigenvalue weighted by Gasteiger charge is -2.24. The molecule has 0 bridgehead atoms. The van der Waals surface area contributed by atoms with Gasteiger partial charge >= 0.3 is 0 Å². The van der Waals surface area contributed by atoms with E-state index < -0.39 is 0 Å². The zero-order valence-electron chi connectivity index (χ0n) is 19.2. The number of rotatable bonds is 4. The summed E-state index contributed by atoms with van der Waals surface area (Å²) in [6.07, 6.45) is 0. The normalized spacial score (nSPS) is 11.5. The fourth-order valence-corrected chi connectivity index (χ4v) is 4.24. The van der Waals surface area contributed by atoms with Gasteiger partial charge in [-0.3, -0.25) is 4.57 Å². The maximum atomic E-state index is 4.71. The molecule has 0 unspecified atom stereocenters. The fourth-order valence-electron chi connectivity index (χ4n) is 4.24. The fraction of sp³-hybridized carbons (Fsp3) is 0.133. The molecule has 1 heterocycles. The van der Waals surface area contributed by atoms with Gasteiger partial charge in [0, 0.05) is 11.1 Å². The van der Waals surface area contributed by atoms with Gasteiger partial charge in [-0.1, -0.05) is 118 Å². The summed E-state index contributed by atoms with van der Waals surface area (Å²) in [4.78, 5) is 0. The molecule has 4 aromatic carbocycles. The van der Waals surface area contributed by atoms with Crippen molar-refractivity contribution >= 4 is 0 Å². The topological polar surface area (TPSA) is 30.7 Å². The van der Waals surface area contributed by atoms with E-state index in [1.807, 2.05) is 24.3 Å². The highest BCUT2D eigenvalue weighted by Crippen LogP contribution is 2.35. The summed E-state index contributed by atoms with van der Waals surface area (Å²) in [5.41, 5.74) is 6.75. The van der Waals surface area contributed by atoms with Gasteiger partial charge in [0.05, 0.1) is 5.69 Å². The molecule has 0 aliphatic rings. The number of benzene rings is 4. The molecule has 0 saturated heterocycles. The minimum Gasteiger partial charge on any atom is -0.275 e. The van der Waals surface area contributed by atoms with Crippen molar-refractivity contribution in [3.8, 4) is 39.6 Å². The molecule has 0 fully saturated rings. The van der Waals surface area contributed by atoms with Gasteiger partial charge in [0.25, 0.3) is 0 Å². The van der Waals surface area contributed by atoms with Crippen LogP contribution in [0.4, 0.5) is 0 Å². The van der Waals surface area contributed by atoms with Crippen LogP contribution in [-0.2, 0) is 5.41 Å². The molecule has 3 heteroatoms. The van der Waals surface area contributed by atoms with Crippen LogP contribution in [0.15, 0.2) is 109 Å². The maximum absolute atomic E-state index is 4.71. The maximum Gasteiger partial charge on any atom is 0.168 e. The first-order valence-corrected chi connectivity index (χ1v) is 11.3. The molecule has 162 valence electrons. The van der Waals surface area contributed by atoms with Crippen LogP contribution in [0, 0.1) is 0 Å². The molecule has 0 spiro atoms. The SMILES string of the molecule is CC(C)(C)c1ccccc1-n1c(-c2ccccc2)nnc1-c1cccc(-c2ccccc2)c1. The molecule has 0 saturated carbocycles. The molecule has 0 N–H and O–H groups in total. The van der Waals surface area contributed by atoms with Gasteiger partial charge in [-0.05, 0) is 34.2 Å². The summed E-state index contributed by atoms with van der Waals surface area (Å²) in [7, 11) is 0. The summed E-state index contributed by atoms with van der Waals surface area (Å²) < 4.78 is 2.21. The molecule has 0 radical (unpaired) electrons. The summed E-state index contributed by atoms with van der Waals surface area (Å²) in [5.74, 6) is 1.68. The monoisotopic (exact) mass is 429 g/mol. The minimum atomic E-state index is -0.0298. The van der Waals surface area contributed by atoms with E-state index in [2.05, 4.69) is 115 Å². The van der Waals surface area contributed by atoms with Crippen molar-refractivity contribution in [1.82, 2.24) is 14.8 Å². The van der Waals surface area contributed by atoms with E-state index in [4.69, 9.17) is 5.10 Å². The van der Waals surface area contributed by atoms with E-state index in [0.29, 0.717) is 0 Å². The standard InChI is InChI=1S/C30H27N3/c1-30(2,3)26-19-10-11-20-27(26)33-28(23-15-8-5-9-16-23)31-32-29(33)25-18-12-17-24(21-25)22-13-6-4-7-14-22/h4-21H,1-3H3. The Labute approximate surface area is 195 Å². The Balaban J connectivity index is 1.76. The Hall–Kier alpha value is -3.98. The van der Waals surface area contributed by atoms with Crippen molar-refractivity contribution in [2.45, 2.75) is 26.2 Å². The summed E-state index contributed by atoms with van der Waals surface area (Å²) >= 11 is 0. The third-order valence-corrected chi connectivity index (χ3v) is 5.88. The lowest BCUT2D eigenvalue weighted by atomic mass is 9.85. The lowest BCUT2D eigenvalue weighted by molar-refractivity contribution is 0.586. The lowest BCUT2D eigenvalue weighted by Crippen LogP contribution is -2.16. The Morgan fingerprint density at radius 1 is 0.515 bits per heavy atom. The minimum absolute atomic E-state index is 0.0298. The van der Waals surface area contributed by atoms with Crippen molar-refractivity contribution in [2.75, 3.05) is 0 Å². The Kier molecular flexibility index (Phi) is 5.39. The third-order valence-electron chi connectivity index (χ3n) is 5.88. The van der Waals surface area contributed by atoms with E-state index in [-0.39, 0.29) is 5.41 Å². The van der Waals surface area contributed by atoms with Crippen LogP contribution in [0.25, 0.3) is 39.6 Å². The van der Waals surface area contributed by atoms with Crippen LogP contribution in [-0.4, -0.2) is 14.8 Å². The van der Waals surface area contributed by atoms with Crippen LogP contribution < -0.4 is 0 Å². The second-order valence-corrected chi connectivity index (χ2v) is 9.26. The van der Waals surface area contributed by atoms with Gasteiger partial charge in [-0.15, -0.1) is 10.2 Å². The number of aromatic nitrogens is 3. The van der Waals surface area contributed by atoms with Gasteiger partial charge in [0.1, 0.15) is 0 Å². The van der Waals surface area contributed by atoms with Crippen LogP contribution >= 0.6 is 0 Å². The predicted molar refractivity (Wildman–Crippen MR) is 136 cm³/mol. The first-order chi connectivity index (χ1) is 16.0. The van der Waals surface area contributed by atoms with Gasteiger partial charge < -0.3 is 0 Å². The highest BCUT2D eigenvalue weighted by atomic mass is 15.3. The van der Waals surface area contributed by atoms with Crippen molar-refractivity contribution in [3.05, 3.63) is 115 Å². The zero-order valence-corrected chi connectivity index (χ0v) is 19.2. The first-order valence-electron chi connectivity index (χ1n) is 11.3.